The van der Waals surface area contributed by atoms with E-state index in [1.165, 1.54) is 16.5 Å². The summed E-state index contributed by atoms with van der Waals surface area (Å²) >= 11 is 0. The first-order valence-corrected chi connectivity index (χ1v) is 15.9. The second-order valence-corrected chi connectivity index (χ2v) is 12.0. The van der Waals surface area contributed by atoms with Crippen molar-refractivity contribution in [3.63, 3.8) is 0 Å². The molecule has 10 rings (SSSR count). The van der Waals surface area contributed by atoms with Crippen molar-refractivity contribution in [2.75, 3.05) is 4.90 Å². The molecule has 0 N–H and O–H groups in total. The Morgan fingerprint density at radius 2 is 1.00 bits per heavy atom. The van der Waals surface area contributed by atoms with Crippen molar-refractivity contribution in [1.29, 1.82) is 0 Å². The van der Waals surface area contributed by atoms with E-state index in [1.54, 1.807) is 0 Å². The van der Waals surface area contributed by atoms with E-state index >= 15 is 0 Å². The van der Waals surface area contributed by atoms with E-state index in [4.69, 9.17) is 8.83 Å². The molecule has 0 aliphatic rings. The monoisotopic (exact) mass is 601 g/mol. The van der Waals surface area contributed by atoms with Crippen LogP contribution in [0, 0.1) is 0 Å². The summed E-state index contributed by atoms with van der Waals surface area (Å²) < 4.78 is 13.4. The molecule has 0 amide bonds. The summed E-state index contributed by atoms with van der Waals surface area (Å²) in [5.41, 5.74) is 8.93. The van der Waals surface area contributed by atoms with E-state index in [1.807, 2.05) is 12.1 Å². The zero-order chi connectivity index (χ0) is 30.9. The Kier molecular flexibility index (Phi) is 5.57. The third-order valence-corrected chi connectivity index (χ3v) is 9.46. The van der Waals surface area contributed by atoms with Crippen molar-refractivity contribution in [2.24, 2.45) is 0 Å². The highest BCUT2D eigenvalue weighted by Crippen LogP contribution is 2.49. The van der Waals surface area contributed by atoms with Crippen LogP contribution in [0.3, 0.4) is 0 Å². The zero-order valence-electron chi connectivity index (χ0n) is 25.4. The van der Waals surface area contributed by atoms with Crippen molar-refractivity contribution < 1.29 is 8.83 Å². The number of furan rings is 2. The maximum Gasteiger partial charge on any atom is 0.159 e. The van der Waals surface area contributed by atoms with Crippen LogP contribution in [-0.2, 0) is 0 Å². The van der Waals surface area contributed by atoms with Gasteiger partial charge < -0.3 is 13.7 Å². The topological polar surface area (TPSA) is 29.5 Å². The van der Waals surface area contributed by atoms with Gasteiger partial charge in [-0.15, -0.1) is 0 Å². The van der Waals surface area contributed by atoms with Gasteiger partial charge in [0.2, 0.25) is 0 Å². The molecular formula is C44H27NO2. The SMILES string of the molecule is c1ccc(-c2ccc(N(c3cccc4c3oc3c5ccccc5ccc43)c3cccc4oc5ccccc5c34)c3ccccc23)cc1. The highest BCUT2D eigenvalue weighted by molar-refractivity contribution is 6.20. The standard InChI is InChI=1S/C44H27NO2/c1-2-12-28(13-3-1)30-26-27-37(33-17-7-6-16-32(30)33)45(38-20-11-23-41-42(38)36-18-8-9-22-40(36)46-41)39-21-10-19-34-35-25-24-29-14-4-5-15-31(29)43(35)47-44(34)39/h1-27H. The van der Waals surface area contributed by atoms with Crippen LogP contribution in [0.4, 0.5) is 17.1 Å². The van der Waals surface area contributed by atoms with Gasteiger partial charge in [0, 0.05) is 26.9 Å². The van der Waals surface area contributed by atoms with E-state index in [2.05, 4.69) is 157 Å². The van der Waals surface area contributed by atoms with E-state index < -0.39 is 0 Å². The molecule has 8 aromatic carbocycles. The molecule has 0 radical (unpaired) electrons. The van der Waals surface area contributed by atoms with Gasteiger partial charge in [0.1, 0.15) is 16.7 Å². The first-order chi connectivity index (χ1) is 23.3. The fraction of sp³-hybridized carbons (Fsp3) is 0. The number of para-hydroxylation sites is 2. The van der Waals surface area contributed by atoms with Crippen molar-refractivity contribution in [1.82, 2.24) is 0 Å². The third-order valence-electron chi connectivity index (χ3n) is 9.46. The van der Waals surface area contributed by atoms with Crippen LogP contribution in [0.25, 0.3) is 76.5 Å². The molecule has 2 heterocycles. The molecule has 0 aliphatic carbocycles. The average Bonchev–Trinajstić information content (AvgIpc) is 3.72. The van der Waals surface area contributed by atoms with Crippen LogP contribution in [0.15, 0.2) is 173 Å². The second-order valence-electron chi connectivity index (χ2n) is 12.0. The van der Waals surface area contributed by atoms with Crippen LogP contribution in [0.2, 0.25) is 0 Å². The summed E-state index contributed by atoms with van der Waals surface area (Å²) in [6, 6.07) is 57.7. The summed E-state index contributed by atoms with van der Waals surface area (Å²) in [5, 5.41) is 8.95. The number of benzene rings is 8. The van der Waals surface area contributed by atoms with Crippen molar-refractivity contribution >= 4 is 82.5 Å². The normalized spacial score (nSPS) is 11.8. The Balaban J connectivity index is 1.34. The predicted molar refractivity (Wildman–Crippen MR) is 196 cm³/mol. The third kappa shape index (κ3) is 3.87. The maximum atomic E-state index is 6.94. The molecule has 0 spiro atoms. The van der Waals surface area contributed by atoms with Gasteiger partial charge in [-0.05, 0) is 58.3 Å². The molecule has 3 heteroatoms. The van der Waals surface area contributed by atoms with Crippen LogP contribution in [-0.4, -0.2) is 0 Å². The van der Waals surface area contributed by atoms with Crippen LogP contribution >= 0.6 is 0 Å². The van der Waals surface area contributed by atoms with Crippen molar-refractivity contribution in [2.45, 2.75) is 0 Å². The largest absolute Gasteiger partial charge is 0.456 e. The maximum absolute atomic E-state index is 6.94. The lowest BCUT2D eigenvalue weighted by molar-refractivity contribution is 0.668. The summed E-state index contributed by atoms with van der Waals surface area (Å²) in [7, 11) is 0. The first-order valence-electron chi connectivity index (χ1n) is 15.9. The van der Waals surface area contributed by atoms with Crippen LogP contribution in [0.5, 0.6) is 0 Å². The van der Waals surface area contributed by atoms with Crippen LogP contribution < -0.4 is 4.90 Å². The number of hydrogen-bond acceptors (Lipinski definition) is 3. The summed E-state index contributed by atoms with van der Waals surface area (Å²) in [6.45, 7) is 0. The first kappa shape index (κ1) is 26.0. The summed E-state index contributed by atoms with van der Waals surface area (Å²) in [4.78, 5) is 2.37. The van der Waals surface area contributed by atoms with Gasteiger partial charge in [-0.1, -0.05) is 127 Å². The fourth-order valence-electron chi connectivity index (χ4n) is 7.37. The minimum atomic E-state index is 0.847. The molecule has 0 saturated heterocycles. The van der Waals surface area contributed by atoms with Gasteiger partial charge in [0.15, 0.2) is 5.58 Å². The molecule has 0 fully saturated rings. The molecule has 0 atom stereocenters. The molecule has 0 saturated carbocycles. The van der Waals surface area contributed by atoms with Gasteiger partial charge in [0.05, 0.1) is 22.4 Å². The minimum absolute atomic E-state index is 0.847. The Morgan fingerprint density at radius 1 is 0.340 bits per heavy atom. The average molecular weight is 602 g/mol. The van der Waals surface area contributed by atoms with Gasteiger partial charge in [-0.25, -0.2) is 0 Å². The number of nitrogens with zero attached hydrogens (tertiary/aromatic N) is 1. The Bertz CT molecular complexity index is 2810. The molecule has 3 nitrogen and oxygen atoms in total. The van der Waals surface area contributed by atoms with E-state index in [9.17, 15) is 0 Å². The molecule has 2 aromatic heterocycles. The molecule has 10 aromatic rings. The van der Waals surface area contributed by atoms with Crippen LogP contribution in [0.1, 0.15) is 0 Å². The summed E-state index contributed by atoms with van der Waals surface area (Å²) in [6.07, 6.45) is 0. The minimum Gasteiger partial charge on any atom is -0.456 e. The number of anilines is 3. The van der Waals surface area contributed by atoms with E-state index in [-0.39, 0.29) is 0 Å². The lowest BCUT2D eigenvalue weighted by atomic mass is 9.96. The van der Waals surface area contributed by atoms with Crippen molar-refractivity contribution in [3.8, 4) is 11.1 Å². The number of fused-ring (bicyclic) bond motifs is 9. The summed E-state index contributed by atoms with van der Waals surface area (Å²) in [5.74, 6) is 0. The highest BCUT2D eigenvalue weighted by Gasteiger charge is 2.25. The quantitative estimate of drug-likeness (QED) is 0.201. The molecule has 0 aliphatic heterocycles. The van der Waals surface area contributed by atoms with E-state index in [0.29, 0.717) is 0 Å². The molecule has 0 bridgehead atoms. The highest BCUT2D eigenvalue weighted by atomic mass is 16.3. The fourth-order valence-corrected chi connectivity index (χ4v) is 7.37. The Labute approximate surface area is 270 Å². The van der Waals surface area contributed by atoms with Crippen molar-refractivity contribution in [3.05, 3.63) is 164 Å². The van der Waals surface area contributed by atoms with Gasteiger partial charge in [-0.3, -0.25) is 0 Å². The molecule has 0 unspecified atom stereocenters. The predicted octanol–water partition coefficient (Wildman–Crippen LogP) is 12.9. The molecular weight excluding hydrogens is 574 g/mol. The van der Waals surface area contributed by atoms with Gasteiger partial charge >= 0.3 is 0 Å². The lowest BCUT2D eigenvalue weighted by Crippen LogP contribution is -2.11. The van der Waals surface area contributed by atoms with E-state index in [0.717, 1.165) is 77.1 Å². The smallest absolute Gasteiger partial charge is 0.159 e. The zero-order valence-corrected chi connectivity index (χ0v) is 25.4. The Hall–Kier alpha value is -6.32. The lowest BCUT2D eigenvalue weighted by Gasteiger charge is -2.28. The molecule has 47 heavy (non-hydrogen) atoms. The second kappa shape index (κ2) is 10.1. The number of hydrogen-bond donors (Lipinski definition) is 0. The number of rotatable bonds is 4. The Morgan fingerprint density at radius 3 is 1.89 bits per heavy atom. The molecule has 220 valence electrons. The van der Waals surface area contributed by atoms with Gasteiger partial charge in [0.25, 0.3) is 0 Å². The van der Waals surface area contributed by atoms with Gasteiger partial charge in [-0.2, -0.15) is 0 Å².